The van der Waals surface area contributed by atoms with E-state index >= 15 is 0 Å². The van der Waals surface area contributed by atoms with Crippen LogP contribution in [0.15, 0.2) is 5.38 Å². The number of carbonyl (C=O) groups excluding carboxylic acids is 1. The average Bonchev–Trinajstić information content (AvgIpc) is 2.73. The summed E-state index contributed by atoms with van der Waals surface area (Å²) in [5.74, 6) is -1.48. The number of aromatic nitrogens is 1. The Morgan fingerprint density at radius 2 is 2.00 bits per heavy atom. The molecule has 20 heavy (non-hydrogen) atoms. The van der Waals surface area contributed by atoms with Crippen LogP contribution in [0.5, 0.6) is 0 Å². The molecule has 0 spiro atoms. The van der Waals surface area contributed by atoms with Gasteiger partial charge >= 0.3 is 5.97 Å². The second-order valence-corrected chi connectivity index (χ2v) is 7.06. The number of carboxylic acid groups (broad SMARTS) is 1. The lowest BCUT2D eigenvalue weighted by Gasteiger charge is -2.17. The number of carbonyl (C=O) groups is 2. The maximum absolute atomic E-state index is 11.9. The van der Waals surface area contributed by atoms with Crippen LogP contribution in [0, 0.1) is 5.92 Å². The van der Waals surface area contributed by atoms with Crippen LogP contribution in [0.1, 0.15) is 45.3 Å². The molecule has 2 N–H and O–H groups in total. The van der Waals surface area contributed by atoms with Gasteiger partial charge in [-0.2, -0.15) is 0 Å². The molecule has 0 saturated carbocycles. The molecule has 0 bridgehead atoms. The fourth-order valence-corrected chi connectivity index (χ4v) is 2.54. The molecule has 0 radical (unpaired) electrons. The zero-order chi connectivity index (χ0) is 15.5. The summed E-state index contributed by atoms with van der Waals surface area (Å²) in [6, 6.07) is -0.858. The molecule has 5 nitrogen and oxygen atoms in total. The van der Waals surface area contributed by atoms with Gasteiger partial charge in [0.2, 0.25) is 5.91 Å². The fraction of sp³-hybridized carbons (Fsp3) is 0.643. The number of aliphatic carboxylic acids is 1. The first-order valence-electron chi connectivity index (χ1n) is 6.58. The molecule has 0 saturated heterocycles. The van der Waals surface area contributed by atoms with Crippen LogP contribution < -0.4 is 5.32 Å². The van der Waals surface area contributed by atoms with Gasteiger partial charge < -0.3 is 10.4 Å². The van der Waals surface area contributed by atoms with E-state index in [1.165, 1.54) is 11.3 Å². The van der Waals surface area contributed by atoms with E-state index in [0.717, 1.165) is 5.01 Å². The van der Waals surface area contributed by atoms with Crippen molar-refractivity contribution < 1.29 is 14.7 Å². The standard InChI is InChI=1S/C14H22N2O3S/c1-8(2)11(12(18)19)16-10(17)6-9-7-20-13(15-9)14(3,4)5/h7-8,11H,6H2,1-5H3,(H,16,17)(H,18,19)/t11-/m0/s1. The first kappa shape index (κ1) is 16.6. The number of carboxylic acids is 1. The van der Waals surface area contributed by atoms with Gasteiger partial charge in [-0.05, 0) is 5.92 Å². The Morgan fingerprint density at radius 3 is 2.40 bits per heavy atom. The highest BCUT2D eigenvalue weighted by molar-refractivity contribution is 7.09. The molecule has 6 heteroatoms. The van der Waals surface area contributed by atoms with Crippen molar-refractivity contribution >= 4 is 23.2 Å². The summed E-state index contributed by atoms with van der Waals surface area (Å²) >= 11 is 1.52. The third-order valence-corrected chi connectivity index (χ3v) is 4.10. The Kier molecular flexibility index (Phi) is 5.28. The smallest absolute Gasteiger partial charge is 0.326 e. The van der Waals surface area contributed by atoms with Crippen molar-refractivity contribution in [1.29, 1.82) is 0 Å². The zero-order valence-electron chi connectivity index (χ0n) is 12.6. The van der Waals surface area contributed by atoms with Crippen molar-refractivity contribution in [2.45, 2.75) is 52.5 Å². The number of hydrogen-bond acceptors (Lipinski definition) is 4. The molecular formula is C14H22N2O3S. The molecule has 1 rings (SSSR count). The first-order chi connectivity index (χ1) is 9.11. The Bertz CT molecular complexity index is 489. The van der Waals surface area contributed by atoms with Crippen molar-refractivity contribution in [3.63, 3.8) is 0 Å². The Balaban J connectivity index is 2.67. The van der Waals surface area contributed by atoms with Gasteiger partial charge in [-0.1, -0.05) is 34.6 Å². The Hall–Kier alpha value is -1.43. The molecule has 0 unspecified atom stereocenters. The molecule has 112 valence electrons. The minimum Gasteiger partial charge on any atom is -0.480 e. The van der Waals surface area contributed by atoms with Crippen molar-refractivity contribution in [2.24, 2.45) is 5.92 Å². The van der Waals surface area contributed by atoms with Gasteiger partial charge in [0.05, 0.1) is 17.1 Å². The fourth-order valence-electron chi connectivity index (χ4n) is 1.64. The molecule has 1 aromatic rings. The lowest BCUT2D eigenvalue weighted by molar-refractivity contribution is -0.143. The van der Waals surface area contributed by atoms with Crippen LogP contribution in [0.25, 0.3) is 0 Å². The van der Waals surface area contributed by atoms with Gasteiger partial charge in [-0.3, -0.25) is 4.79 Å². The van der Waals surface area contributed by atoms with Crippen LogP contribution in [0.2, 0.25) is 0 Å². The molecule has 0 aliphatic rings. The number of nitrogens with zero attached hydrogens (tertiary/aromatic N) is 1. The minimum absolute atomic E-state index is 0.0407. The van der Waals surface area contributed by atoms with Crippen LogP contribution in [0.3, 0.4) is 0 Å². The van der Waals surface area contributed by atoms with Gasteiger partial charge in [0.25, 0.3) is 0 Å². The number of amides is 1. The van der Waals surface area contributed by atoms with Gasteiger partial charge in [-0.25, -0.2) is 9.78 Å². The van der Waals surface area contributed by atoms with E-state index in [-0.39, 0.29) is 23.7 Å². The quantitative estimate of drug-likeness (QED) is 0.873. The summed E-state index contributed by atoms with van der Waals surface area (Å²) in [5.41, 5.74) is 0.645. The van der Waals surface area contributed by atoms with E-state index < -0.39 is 12.0 Å². The van der Waals surface area contributed by atoms with Crippen LogP contribution in [-0.2, 0) is 21.4 Å². The Labute approximate surface area is 123 Å². The number of thiazole rings is 1. The van der Waals surface area contributed by atoms with Crippen molar-refractivity contribution in [2.75, 3.05) is 0 Å². The SMILES string of the molecule is CC(C)[C@H](NC(=O)Cc1csc(C(C)(C)C)n1)C(=O)O. The summed E-state index contributed by atoms with van der Waals surface area (Å²) < 4.78 is 0. The third-order valence-electron chi connectivity index (χ3n) is 2.78. The molecule has 0 fully saturated rings. The molecule has 1 amide bonds. The second kappa shape index (κ2) is 6.35. The summed E-state index contributed by atoms with van der Waals surface area (Å²) in [6.45, 7) is 9.72. The zero-order valence-corrected chi connectivity index (χ0v) is 13.4. The van der Waals surface area contributed by atoms with Gasteiger partial charge in [0.1, 0.15) is 6.04 Å². The third kappa shape index (κ3) is 4.59. The van der Waals surface area contributed by atoms with E-state index in [1.54, 1.807) is 13.8 Å². The van der Waals surface area contributed by atoms with E-state index in [1.807, 2.05) is 5.38 Å². The largest absolute Gasteiger partial charge is 0.480 e. The second-order valence-electron chi connectivity index (χ2n) is 6.20. The van der Waals surface area contributed by atoms with Gasteiger partial charge in [0.15, 0.2) is 0 Å². The first-order valence-corrected chi connectivity index (χ1v) is 7.46. The molecule has 0 aliphatic heterocycles. The Morgan fingerprint density at radius 1 is 1.40 bits per heavy atom. The van der Waals surface area contributed by atoms with Crippen LogP contribution in [0.4, 0.5) is 0 Å². The predicted molar refractivity (Wildman–Crippen MR) is 78.9 cm³/mol. The lowest BCUT2D eigenvalue weighted by Crippen LogP contribution is -2.44. The highest BCUT2D eigenvalue weighted by Gasteiger charge is 2.24. The highest BCUT2D eigenvalue weighted by Crippen LogP contribution is 2.25. The summed E-state index contributed by atoms with van der Waals surface area (Å²) in [6.07, 6.45) is 0.114. The summed E-state index contributed by atoms with van der Waals surface area (Å²) in [5, 5.41) is 14.4. The highest BCUT2D eigenvalue weighted by atomic mass is 32.1. The maximum Gasteiger partial charge on any atom is 0.326 e. The molecule has 0 aromatic carbocycles. The summed E-state index contributed by atoms with van der Waals surface area (Å²) in [4.78, 5) is 27.3. The molecule has 1 atom stereocenters. The number of hydrogen-bond donors (Lipinski definition) is 2. The maximum atomic E-state index is 11.9. The molecule has 0 aliphatic carbocycles. The van der Waals surface area contributed by atoms with E-state index in [4.69, 9.17) is 5.11 Å². The lowest BCUT2D eigenvalue weighted by atomic mass is 9.98. The number of nitrogens with one attached hydrogen (secondary N) is 1. The summed E-state index contributed by atoms with van der Waals surface area (Å²) in [7, 11) is 0. The van der Waals surface area contributed by atoms with Crippen molar-refractivity contribution in [1.82, 2.24) is 10.3 Å². The van der Waals surface area contributed by atoms with Crippen molar-refractivity contribution in [3.05, 3.63) is 16.1 Å². The van der Waals surface area contributed by atoms with E-state index in [2.05, 4.69) is 31.1 Å². The average molecular weight is 298 g/mol. The molecule has 1 aromatic heterocycles. The molecular weight excluding hydrogens is 276 g/mol. The van der Waals surface area contributed by atoms with E-state index in [0.29, 0.717) is 5.69 Å². The number of rotatable bonds is 5. The monoisotopic (exact) mass is 298 g/mol. The van der Waals surface area contributed by atoms with Crippen molar-refractivity contribution in [3.8, 4) is 0 Å². The topological polar surface area (TPSA) is 79.3 Å². The van der Waals surface area contributed by atoms with Gasteiger partial charge in [0, 0.05) is 10.8 Å². The van der Waals surface area contributed by atoms with Crippen LogP contribution >= 0.6 is 11.3 Å². The minimum atomic E-state index is -1.01. The molecule has 1 heterocycles. The normalized spacial score (nSPS) is 13.3. The van der Waals surface area contributed by atoms with Gasteiger partial charge in [-0.15, -0.1) is 11.3 Å². The van der Waals surface area contributed by atoms with E-state index in [9.17, 15) is 9.59 Å². The van der Waals surface area contributed by atoms with Crippen LogP contribution in [-0.4, -0.2) is 28.0 Å². The predicted octanol–water partition coefficient (Wildman–Crippen LogP) is 2.21.